The number of nitrogens with zero attached hydrogens (tertiary/aromatic N) is 1. The molecule has 0 fully saturated rings. The number of methoxy groups -OCH3 is 2. The molecule has 2 aromatic rings. The summed E-state index contributed by atoms with van der Waals surface area (Å²) < 4.78 is 10.2. The van der Waals surface area contributed by atoms with Crippen LogP contribution in [0.3, 0.4) is 0 Å². The first-order valence-corrected chi connectivity index (χ1v) is 6.63. The van der Waals surface area contributed by atoms with Gasteiger partial charge in [-0.15, -0.1) is 0 Å². The molecule has 0 aromatic heterocycles. The Morgan fingerprint density at radius 2 is 1.83 bits per heavy atom. The molecule has 7 nitrogen and oxygen atoms in total. The summed E-state index contributed by atoms with van der Waals surface area (Å²) in [7, 11) is 2.81. The van der Waals surface area contributed by atoms with Gasteiger partial charge in [-0.3, -0.25) is 5.43 Å². The van der Waals surface area contributed by atoms with Crippen LogP contribution in [0.5, 0.6) is 17.2 Å². The van der Waals surface area contributed by atoms with Gasteiger partial charge in [-0.2, -0.15) is 5.10 Å². The number of hydrogen-bond donors (Lipinski definition) is 3. The maximum Gasteiger partial charge on any atom is 0.340 e. The standard InChI is InChI=1S/C16H16N2O5/c1-22-13-8-3-10(14(16(20)21)15(13)23-2)9-17-18-11-4-6-12(19)7-5-11/h3-9,18-19H,1-2H3,(H,20,21)/b17-9-. The number of phenolic OH excluding ortho intramolecular Hbond substituents is 1. The van der Waals surface area contributed by atoms with Gasteiger partial charge < -0.3 is 19.7 Å². The first-order chi connectivity index (χ1) is 11.1. The SMILES string of the molecule is COc1ccc(/C=N\Nc2ccc(O)cc2)c(C(=O)O)c1OC. The van der Waals surface area contributed by atoms with Gasteiger partial charge in [0.25, 0.3) is 0 Å². The van der Waals surface area contributed by atoms with Gasteiger partial charge in [-0.25, -0.2) is 4.79 Å². The van der Waals surface area contributed by atoms with E-state index >= 15 is 0 Å². The number of hydrogen-bond acceptors (Lipinski definition) is 6. The Kier molecular flexibility index (Phi) is 5.03. The quantitative estimate of drug-likeness (QED) is 0.430. The minimum Gasteiger partial charge on any atom is -0.508 e. The largest absolute Gasteiger partial charge is 0.508 e. The van der Waals surface area contributed by atoms with Crippen LogP contribution in [-0.4, -0.2) is 36.6 Å². The minimum absolute atomic E-state index is 0.0388. The molecule has 0 amide bonds. The van der Waals surface area contributed by atoms with Gasteiger partial charge in [-0.1, -0.05) is 0 Å². The Morgan fingerprint density at radius 1 is 1.13 bits per heavy atom. The minimum atomic E-state index is -1.15. The van der Waals surface area contributed by atoms with E-state index in [4.69, 9.17) is 9.47 Å². The Labute approximate surface area is 132 Å². The van der Waals surface area contributed by atoms with Crippen LogP contribution in [0.2, 0.25) is 0 Å². The van der Waals surface area contributed by atoms with Crippen molar-refractivity contribution in [3.8, 4) is 17.2 Å². The summed E-state index contributed by atoms with van der Waals surface area (Å²) in [4.78, 5) is 11.5. The molecule has 0 bridgehead atoms. The number of ether oxygens (including phenoxy) is 2. The molecular weight excluding hydrogens is 300 g/mol. The zero-order chi connectivity index (χ0) is 16.8. The summed E-state index contributed by atoms with van der Waals surface area (Å²) in [5, 5.41) is 22.6. The van der Waals surface area contributed by atoms with E-state index in [2.05, 4.69) is 10.5 Å². The number of carboxylic acid groups (broad SMARTS) is 1. The lowest BCUT2D eigenvalue weighted by Gasteiger charge is -2.12. The molecule has 2 aromatic carbocycles. The van der Waals surface area contributed by atoms with Crippen molar-refractivity contribution in [2.75, 3.05) is 19.6 Å². The van der Waals surface area contributed by atoms with E-state index in [9.17, 15) is 15.0 Å². The molecule has 3 N–H and O–H groups in total. The third kappa shape index (κ3) is 3.70. The number of nitrogens with one attached hydrogen (secondary N) is 1. The summed E-state index contributed by atoms with van der Waals surface area (Å²) >= 11 is 0. The molecule has 0 heterocycles. The van der Waals surface area contributed by atoms with E-state index in [1.165, 1.54) is 32.6 Å². The van der Waals surface area contributed by atoms with Gasteiger partial charge in [0.1, 0.15) is 11.3 Å². The fourth-order valence-electron chi connectivity index (χ4n) is 1.98. The first-order valence-electron chi connectivity index (χ1n) is 6.63. The van der Waals surface area contributed by atoms with Crippen LogP contribution in [-0.2, 0) is 0 Å². The molecule has 0 radical (unpaired) electrons. The van der Waals surface area contributed by atoms with Crippen LogP contribution in [0.4, 0.5) is 5.69 Å². The van der Waals surface area contributed by atoms with Crippen molar-refractivity contribution in [3.63, 3.8) is 0 Å². The third-order valence-electron chi connectivity index (χ3n) is 3.06. The highest BCUT2D eigenvalue weighted by Gasteiger charge is 2.19. The average molecular weight is 316 g/mol. The monoisotopic (exact) mass is 316 g/mol. The molecule has 0 atom stereocenters. The molecule has 0 saturated carbocycles. The lowest BCUT2D eigenvalue weighted by Crippen LogP contribution is -2.07. The summed E-state index contributed by atoms with van der Waals surface area (Å²) in [6, 6.07) is 9.48. The molecular formula is C16H16N2O5. The van der Waals surface area contributed by atoms with Gasteiger partial charge in [-0.05, 0) is 36.4 Å². The predicted octanol–water partition coefficient (Wildman–Crippen LogP) is 2.55. The maximum absolute atomic E-state index is 11.5. The fourth-order valence-corrected chi connectivity index (χ4v) is 1.98. The van der Waals surface area contributed by atoms with Crippen LogP contribution in [0.15, 0.2) is 41.5 Å². The van der Waals surface area contributed by atoms with Crippen molar-refractivity contribution in [2.24, 2.45) is 5.10 Å². The summed E-state index contributed by atoms with van der Waals surface area (Å²) in [5.41, 5.74) is 3.72. The highest BCUT2D eigenvalue weighted by Crippen LogP contribution is 2.32. The van der Waals surface area contributed by atoms with Crippen molar-refractivity contribution in [2.45, 2.75) is 0 Å². The molecule has 7 heteroatoms. The van der Waals surface area contributed by atoms with Crippen LogP contribution >= 0.6 is 0 Å². The second kappa shape index (κ2) is 7.17. The smallest absolute Gasteiger partial charge is 0.340 e. The third-order valence-corrected chi connectivity index (χ3v) is 3.06. The molecule has 0 aliphatic heterocycles. The normalized spacial score (nSPS) is 10.5. The Balaban J connectivity index is 2.30. The maximum atomic E-state index is 11.5. The Hall–Kier alpha value is -3.22. The number of aromatic carboxylic acids is 1. The van der Waals surface area contributed by atoms with Crippen LogP contribution in [0.1, 0.15) is 15.9 Å². The first kappa shape index (κ1) is 16.2. The molecule has 2 rings (SSSR count). The fraction of sp³-hybridized carbons (Fsp3) is 0.125. The van der Waals surface area contributed by atoms with Crippen LogP contribution < -0.4 is 14.9 Å². The van der Waals surface area contributed by atoms with Gasteiger partial charge >= 0.3 is 5.97 Å². The number of carboxylic acids is 1. The topological polar surface area (TPSA) is 100 Å². The summed E-state index contributed by atoms with van der Waals surface area (Å²) in [5.74, 6) is -0.540. The van der Waals surface area contributed by atoms with Gasteiger partial charge in [0, 0.05) is 5.56 Å². The van der Waals surface area contributed by atoms with Gasteiger partial charge in [0.15, 0.2) is 11.5 Å². The molecule has 0 unspecified atom stereocenters. The van der Waals surface area contributed by atoms with Crippen molar-refractivity contribution in [1.29, 1.82) is 0 Å². The number of hydrazone groups is 1. The summed E-state index contributed by atoms with van der Waals surface area (Å²) in [6.07, 6.45) is 1.37. The molecule has 0 saturated heterocycles. The van der Waals surface area contributed by atoms with Gasteiger partial charge in [0.05, 0.1) is 26.1 Å². The highest BCUT2D eigenvalue weighted by atomic mass is 16.5. The van der Waals surface area contributed by atoms with E-state index in [0.717, 1.165) is 0 Å². The van der Waals surface area contributed by atoms with Crippen molar-refractivity contribution >= 4 is 17.9 Å². The number of phenols is 1. The average Bonchev–Trinajstić information content (AvgIpc) is 2.55. The molecule has 0 aliphatic rings. The van der Waals surface area contributed by atoms with E-state index in [-0.39, 0.29) is 17.1 Å². The molecule has 23 heavy (non-hydrogen) atoms. The van der Waals surface area contributed by atoms with Crippen LogP contribution in [0, 0.1) is 0 Å². The zero-order valence-electron chi connectivity index (χ0n) is 12.6. The van der Waals surface area contributed by atoms with Crippen molar-refractivity contribution in [1.82, 2.24) is 0 Å². The highest BCUT2D eigenvalue weighted by molar-refractivity contribution is 6.01. The Bertz CT molecular complexity index is 726. The number of carbonyl (C=O) groups is 1. The van der Waals surface area contributed by atoms with Gasteiger partial charge in [0.2, 0.25) is 0 Å². The van der Waals surface area contributed by atoms with E-state index < -0.39 is 5.97 Å². The van der Waals surface area contributed by atoms with Crippen LogP contribution in [0.25, 0.3) is 0 Å². The zero-order valence-corrected chi connectivity index (χ0v) is 12.6. The van der Waals surface area contributed by atoms with E-state index in [0.29, 0.717) is 17.0 Å². The number of anilines is 1. The lowest BCUT2D eigenvalue weighted by molar-refractivity contribution is 0.0692. The van der Waals surface area contributed by atoms with E-state index in [1.54, 1.807) is 24.3 Å². The predicted molar refractivity (Wildman–Crippen MR) is 85.8 cm³/mol. The summed E-state index contributed by atoms with van der Waals surface area (Å²) in [6.45, 7) is 0. The number of aromatic hydroxyl groups is 1. The molecule has 0 aliphatic carbocycles. The molecule has 120 valence electrons. The lowest BCUT2D eigenvalue weighted by atomic mass is 10.1. The Morgan fingerprint density at radius 3 is 2.39 bits per heavy atom. The van der Waals surface area contributed by atoms with Crippen molar-refractivity contribution < 1.29 is 24.5 Å². The number of rotatable bonds is 6. The number of benzene rings is 2. The van der Waals surface area contributed by atoms with E-state index in [1.807, 2.05) is 0 Å². The second-order valence-corrected chi connectivity index (χ2v) is 4.49. The molecule has 0 spiro atoms. The van der Waals surface area contributed by atoms with Crippen molar-refractivity contribution in [3.05, 3.63) is 47.5 Å². The second-order valence-electron chi connectivity index (χ2n) is 4.49.